The van der Waals surface area contributed by atoms with Crippen LogP contribution in [0, 0.1) is 0 Å². The van der Waals surface area contributed by atoms with Crippen LogP contribution in [0.25, 0.3) is 11.0 Å². The molecule has 0 saturated carbocycles. The predicted octanol–water partition coefficient (Wildman–Crippen LogP) is 5.98. The highest BCUT2D eigenvalue weighted by molar-refractivity contribution is 6.30. The lowest BCUT2D eigenvalue weighted by Crippen LogP contribution is -2.03. The summed E-state index contributed by atoms with van der Waals surface area (Å²) < 4.78 is 16.7. The number of ether oxygens (including phenoxy) is 2. The lowest BCUT2D eigenvalue weighted by molar-refractivity contribution is 0.355. The maximum Gasteiger partial charge on any atom is 0.196 e. The molecule has 0 aliphatic rings. The van der Waals surface area contributed by atoms with Crippen LogP contribution in [-0.4, -0.2) is 25.0 Å². The Morgan fingerprint density at radius 1 is 0.931 bits per heavy atom. The van der Waals surface area contributed by atoms with Gasteiger partial charge in [-0.15, -0.1) is 0 Å². The fourth-order valence-corrected chi connectivity index (χ4v) is 3.19. The molecule has 1 aromatic heterocycles. The van der Waals surface area contributed by atoms with E-state index in [4.69, 9.17) is 30.5 Å². The molecule has 4 aromatic rings. The highest BCUT2D eigenvalue weighted by Crippen LogP contribution is 2.36. The van der Waals surface area contributed by atoms with Crippen LogP contribution in [0.1, 0.15) is 11.3 Å². The standard InChI is InChI=1S/C23H18ClNO4/c1-27-19-12-7-14(13-20(19)28-2)21(25-16-10-8-15(24)9-11-16)23-22(26)17-5-3-4-6-18(17)29-23/h3-13,26H,1-2H3. The number of rotatable bonds is 5. The number of hydrogen-bond acceptors (Lipinski definition) is 5. The summed E-state index contributed by atoms with van der Waals surface area (Å²) in [4.78, 5) is 4.74. The second-order valence-electron chi connectivity index (χ2n) is 6.28. The number of aromatic hydroxyl groups is 1. The summed E-state index contributed by atoms with van der Waals surface area (Å²) in [6.45, 7) is 0. The zero-order chi connectivity index (χ0) is 20.4. The summed E-state index contributed by atoms with van der Waals surface area (Å²) in [7, 11) is 3.14. The zero-order valence-corrected chi connectivity index (χ0v) is 16.6. The van der Waals surface area contributed by atoms with Gasteiger partial charge in [0.1, 0.15) is 11.3 Å². The first-order valence-corrected chi connectivity index (χ1v) is 9.26. The summed E-state index contributed by atoms with van der Waals surface area (Å²) >= 11 is 6.00. The summed E-state index contributed by atoms with van der Waals surface area (Å²) in [6, 6.07) is 19.8. The van der Waals surface area contributed by atoms with Gasteiger partial charge in [0.05, 0.1) is 25.3 Å². The Morgan fingerprint density at radius 3 is 2.34 bits per heavy atom. The summed E-state index contributed by atoms with van der Waals surface area (Å²) in [5, 5.41) is 12.1. The topological polar surface area (TPSA) is 64.2 Å². The van der Waals surface area contributed by atoms with E-state index in [-0.39, 0.29) is 11.5 Å². The third kappa shape index (κ3) is 3.65. The van der Waals surface area contributed by atoms with Crippen molar-refractivity contribution in [1.82, 2.24) is 0 Å². The molecule has 0 unspecified atom stereocenters. The van der Waals surface area contributed by atoms with Gasteiger partial charge in [-0.05, 0) is 54.6 Å². The van der Waals surface area contributed by atoms with E-state index < -0.39 is 0 Å². The smallest absolute Gasteiger partial charge is 0.196 e. The van der Waals surface area contributed by atoms with Gasteiger partial charge in [0.25, 0.3) is 0 Å². The number of furan rings is 1. The SMILES string of the molecule is COc1ccc(C(=Nc2ccc(Cl)cc2)c2oc3ccccc3c2O)cc1OC. The van der Waals surface area contributed by atoms with E-state index in [1.165, 1.54) is 0 Å². The summed E-state index contributed by atoms with van der Waals surface area (Å²) in [6.07, 6.45) is 0. The zero-order valence-electron chi connectivity index (χ0n) is 15.8. The van der Waals surface area contributed by atoms with Crippen molar-refractivity contribution in [1.29, 1.82) is 0 Å². The molecule has 0 amide bonds. The Hall–Kier alpha value is -3.44. The minimum absolute atomic E-state index is 0.0306. The second-order valence-corrected chi connectivity index (χ2v) is 6.72. The Bertz CT molecular complexity index is 1200. The number of methoxy groups -OCH3 is 2. The first-order valence-electron chi connectivity index (χ1n) is 8.88. The van der Waals surface area contributed by atoms with E-state index in [9.17, 15) is 5.11 Å². The van der Waals surface area contributed by atoms with Gasteiger partial charge in [0.2, 0.25) is 0 Å². The van der Waals surface area contributed by atoms with Gasteiger partial charge in [0.15, 0.2) is 23.0 Å². The number of fused-ring (bicyclic) bond motifs is 1. The average molecular weight is 408 g/mol. The van der Waals surface area contributed by atoms with Crippen molar-refractivity contribution >= 4 is 34.0 Å². The first-order chi connectivity index (χ1) is 14.1. The van der Waals surface area contributed by atoms with Crippen LogP contribution in [0.15, 0.2) is 76.1 Å². The molecule has 0 aliphatic heterocycles. The molecule has 29 heavy (non-hydrogen) atoms. The van der Waals surface area contributed by atoms with Gasteiger partial charge in [-0.1, -0.05) is 23.7 Å². The molecule has 0 bridgehead atoms. The van der Waals surface area contributed by atoms with Crippen LogP contribution in [0.3, 0.4) is 0 Å². The quantitative estimate of drug-likeness (QED) is 0.413. The van der Waals surface area contributed by atoms with Crippen LogP contribution in [0.2, 0.25) is 5.02 Å². The molecule has 0 atom stereocenters. The molecule has 0 saturated heterocycles. The molecule has 3 aromatic carbocycles. The van der Waals surface area contributed by atoms with Crippen molar-refractivity contribution in [2.75, 3.05) is 14.2 Å². The Kier molecular flexibility index (Phi) is 5.14. The molecule has 0 fully saturated rings. The van der Waals surface area contributed by atoms with Gasteiger partial charge in [-0.25, -0.2) is 4.99 Å². The number of nitrogens with zero attached hydrogens (tertiary/aromatic N) is 1. The number of hydrogen-bond donors (Lipinski definition) is 1. The van der Waals surface area contributed by atoms with Crippen molar-refractivity contribution in [3.8, 4) is 17.2 Å². The largest absolute Gasteiger partial charge is 0.504 e. The van der Waals surface area contributed by atoms with E-state index in [1.807, 2.05) is 18.2 Å². The maximum atomic E-state index is 10.8. The van der Waals surface area contributed by atoms with E-state index in [0.717, 1.165) is 0 Å². The van der Waals surface area contributed by atoms with Crippen LogP contribution < -0.4 is 9.47 Å². The van der Waals surface area contributed by atoms with E-state index in [1.54, 1.807) is 62.8 Å². The monoisotopic (exact) mass is 407 g/mol. The van der Waals surface area contributed by atoms with Crippen molar-refractivity contribution in [2.24, 2.45) is 4.99 Å². The lowest BCUT2D eigenvalue weighted by Gasteiger charge is -2.11. The number of benzene rings is 3. The third-order valence-corrected chi connectivity index (χ3v) is 4.76. The fraction of sp³-hybridized carbons (Fsp3) is 0.0870. The van der Waals surface area contributed by atoms with E-state index in [0.29, 0.717) is 44.5 Å². The van der Waals surface area contributed by atoms with Crippen LogP contribution in [-0.2, 0) is 0 Å². The van der Waals surface area contributed by atoms with Gasteiger partial charge in [-0.3, -0.25) is 0 Å². The number of aliphatic imine (C=N–C) groups is 1. The molecule has 6 heteroatoms. The summed E-state index contributed by atoms with van der Waals surface area (Å²) in [5.74, 6) is 1.44. The summed E-state index contributed by atoms with van der Waals surface area (Å²) in [5.41, 5.74) is 2.40. The molecule has 0 aliphatic carbocycles. The van der Waals surface area contributed by atoms with Gasteiger partial charge < -0.3 is 19.0 Å². The van der Waals surface area contributed by atoms with E-state index in [2.05, 4.69) is 0 Å². The Labute approximate surface area is 172 Å². The molecule has 5 nitrogen and oxygen atoms in total. The Morgan fingerprint density at radius 2 is 1.66 bits per heavy atom. The van der Waals surface area contributed by atoms with Crippen LogP contribution >= 0.6 is 11.6 Å². The molecule has 146 valence electrons. The predicted molar refractivity (Wildman–Crippen MR) is 114 cm³/mol. The molecule has 0 spiro atoms. The van der Waals surface area contributed by atoms with Crippen LogP contribution in [0.5, 0.6) is 17.2 Å². The normalized spacial score (nSPS) is 11.6. The van der Waals surface area contributed by atoms with Gasteiger partial charge in [0, 0.05) is 10.6 Å². The number of para-hydroxylation sites is 1. The van der Waals surface area contributed by atoms with Crippen molar-refractivity contribution < 1.29 is 19.0 Å². The molecular formula is C23H18ClNO4. The van der Waals surface area contributed by atoms with Crippen molar-refractivity contribution in [3.05, 3.63) is 83.1 Å². The molecule has 0 radical (unpaired) electrons. The molecule has 1 N–H and O–H groups in total. The van der Waals surface area contributed by atoms with Crippen molar-refractivity contribution in [3.63, 3.8) is 0 Å². The molecule has 4 rings (SSSR count). The highest BCUT2D eigenvalue weighted by Gasteiger charge is 2.21. The molecule has 1 heterocycles. The van der Waals surface area contributed by atoms with E-state index >= 15 is 0 Å². The lowest BCUT2D eigenvalue weighted by atomic mass is 10.1. The van der Waals surface area contributed by atoms with Crippen LogP contribution in [0.4, 0.5) is 5.69 Å². The maximum absolute atomic E-state index is 10.8. The first kappa shape index (κ1) is 18.9. The third-order valence-electron chi connectivity index (χ3n) is 4.51. The molecular weight excluding hydrogens is 390 g/mol. The minimum atomic E-state index is 0.0306. The van der Waals surface area contributed by atoms with Crippen molar-refractivity contribution in [2.45, 2.75) is 0 Å². The van der Waals surface area contributed by atoms with Gasteiger partial charge in [-0.2, -0.15) is 0 Å². The van der Waals surface area contributed by atoms with Gasteiger partial charge >= 0.3 is 0 Å². The fourth-order valence-electron chi connectivity index (χ4n) is 3.07. The minimum Gasteiger partial charge on any atom is -0.504 e. The highest BCUT2D eigenvalue weighted by atomic mass is 35.5. The Balaban J connectivity index is 1.94. The average Bonchev–Trinajstić information content (AvgIpc) is 3.09. The number of halogens is 1. The second kappa shape index (κ2) is 7.89.